The Bertz CT molecular complexity index is 353. The molecule has 0 aromatic heterocycles. The van der Waals surface area contributed by atoms with E-state index in [1.54, 1.807) is 27.7 Å². The largest absolute Gasteiger partial charge is 0.415 e. The fourth-order valence-electron chi connectivity index (χ4n) is 1.28. The van der Waals surface area contributed by atoms with Gasteiger partial charge >= 0.3 is 15.5 Å². The zero-order valence-electron chi connectivity index (χ0n) is 13.8. The third-order valence-corrected chi connectivity index (χ3v) is 7.06. The van der Waals surface area contributed by atoms with Crippen LogP contribution in [0, 0.1) is 0 Å². The Morgan fingerprint density at radius 2 is 1.19 bits per heavy atom. The van der Waals surface area contributed by atoms with Gasteiger partial charge in [0.1, 0.15) is 0 Å². The van der Waals surface area contributed by atoms with Crippen LogP contribution in [0.2, 0.25) is 0 Å². The summed E-state index contributed by atoms with van der Waals surface area (Å²) < 4.78 is 46.4. The second kappa shape index (κ2) is 10.1. The Hall–Kier alpha value is 0.260. The van der Waals surface area contributed by atoms with Crippen molar-refractivity contribution < 1.29 is 27.2 Å². The first-order chi connectivity index (χ1) is 9.74. The van der Waals surface area contributed by atoms with E-state index < -0.39 is 15.5 Å². The van der Waals surface area contributed by atoms with Crippen molar-refractivity contribution in [3.63, 3.8) is 0 Å². The van der Waals surface area contributed by atoms with Gasteiger partial charge in [-0.3, -0.25) is 18.1 Å². The van der Waals surface area contributed by atoms with Gasteiger partial charge in [-0.05, 0) is 40.5 Å². The molecule has 2 atom stereocenters. The molecular formula is C12H29NO6P2. The van der Waals surface area contributed by atoms with Gasteiger partial charge in [-0.25, -0.2) is 9.13 Å². The third-order valence-electron chi connectivity index (χ3n) is 2.63. The van der Waals surface area contributed by atoms with E-state index in [2.05, 4.69) is 4.86 Å². The van der Waals surface area contributed by atoms with Crippen molar-refractivity contribution in [2.45, 2.75) is 66.6 Å². The van der Waals surface area contributed by atoms with Crippen LogP contribution < -0.4 is 4.86 Å². The van der Waals surface area contributed by atoms with E-state index >= 15 is 0 Å². The molecule has 0 saturated heterocycles. The van der Waals surface area contributed by atoms with Gasteiger partial charge in [-0.1, -0.05) is 13.8 Å². The lowest BCUT2D eigenvalue weighted by molar-refractivity contribution is 0.117. The maximum absolute atomic E-state index is 12.8. The van der Waals surface area contributed by atoms with Gasteiger partial charge in [0.2, 0.25) is 0 Å². The SMILES string of the molecule is CCOP(=O)(NP(=O)(O[C@H](C)CC)O[C@H](C)CC)OCC. The van der Waals surface area contributed by atoms with E-state index in [1.165, 1.54) is 0 Å². The van der Waals surface area contributed by atoms with Crippen molar-refractivity contribution in [3.05, 3.63) is 0 Å². The fraction of sp³-hybridized carbons (Fsp3) is 1.00. The van der Waals surface area contributed by atoms with Gasteiger partial charge in [-0.2, -0.15) is 0 Å². The number of hydrogen-bond donors (Lipinski definition) is 1. The highest BCUT2D eigenvalue weighted by Crippen LogP contribution is 2.59. The monoisotopic (exact) mass is 345 g/mol. The van der Waals surface area contributed by atoms with E-state index in [-0.39, 0.29) is 25.4 Å². The minimum atomic E-state index is -3.81. The molecule has 0 aliphatic heterocycles. The van der Waals surface area contributed by atoms with Gasteiger partial charge in [-0.15, -0.1) is 4.86 Å². The zero-order chi connectivity index (χ0) is 16.5. The summed E-state index contributed by atoms with van der Waals surface area (Å²) in [7, 11) is -7.55. The van der Waals surface area contributed by atoms with Crippen LogP contribution in [0.4, 0.5) is 0 Å². The van der Waals surface area contributed by atoms with Crippen LogP contribution in [0.15, 0.2) is 0 Å². The summed E-state index contributed by atoms with van der Waals surface area (Å²) >= 11 is 0. The van der Waals surface area contributed by atoms with Crippen molar-refractivity contribution in [3.8, 4) is 0 Å². The Kier molecular flexibility index (Phi) is 10.2. The molecule has 7 nitrogen and oxygen atoms in total. The number of hydrogen-bond acceptors (Lipinski definition) is 6. The second-order valence-electron chi connectivity index (χ2n) is 4.58. The van der Waals surface area contributed by atoms with E-state index in [9.17, 15) is 9.13 Å². The van der Waals surface area contributed by atoms with Crippen molar-refractivity contribution >= 4 is 15.5 Å². The Morgan fingerprint density at radius 1 is 0.810 bits per heavy atom. The van der Waals surface area contributed by atoms with Gasteiger partial charge < -0.3 is 0 Å². The molecule has 1 N–H and O–H groups in total. The maximum Gasteiger partial charge on any atom is 0.415 e. The Balaban J connectivity index is 5.18. The van der Waals surface area contributed by atoms with Crippen molar-refractivity contribution in [1.82, 2.24) is 4.86 Å². The predicted molar refractivity (Wildman–Crippen MR) is 83.3 cm³/mol. The van der Waals surface area contributed by atoms with Crippen LogP contribution >= 0.6 is 15.5 Å². The van der Waals surface area contributed by atoms with Crippen LogP contribution in [0.1, 0.15) is 54.4 Å². The molecule has 0 fully saturated rings. The summed E-state index contributed by atoms with van der Waals surface area (Å²) in [6, 6.07) is 0. The van der Waals surface area contributed by atoms with Gasteiger partial charge in [0.05, 0.1) is 25.4 Å². The van der Waals surface area contributed by atoms with Crippen LogP contribution in [0.3, 0.4) is 0 Å². The average molecular weight is 345 g/mol. The molecule has 0 bridgehead atoms. The molecule has 0 spiro atoms. The standard InChI is InChI=1S/C12H29NO6P2/c1-7-11(5)18-21(15,19-12(6)8-2)13-20(14,16-9-3)17-10-4/h11-12H,7-10H2,1-6H3,(H,13,14,15)/t11-,12-/m1/s1. The zero-order valence-corrected chi connectivity index (χ0v) is 15.6. The molecule has 9 heteroatoms. The van der Waals surface area contributed by atoms with Crippen LogP contribution in [0.25, 0.3) is 0 Å². The smallest absolute Gasteiger partial charge is 0.297 e. The first kappa shape index (κ1) is 21.3. The highest BCUT2D eigenvalue weighted by molar-refractivity contribution is 7.67. The summed E-state index contributed by atoms with van der Waals surface area (Å²) in [6.07, 6.45) is 0.653. The highest BCUT2D eigenvalue weighted by Gasteiger charge is 2.39. The highest BCUT2D eigenvalue weighted by atomic mass is 31.3. The molecule has 0 aromatic carbocycles. The minimum Gasteiger partial charge on any atom is -0.297 e. The van der Waals surface area contributed by atoms with E-state index in [1.807, 2.05) is 13.8 Å². The van der Waals surface area contributed by atoms with Crippen LogP contribution in [0.5, 0.6) is 0 Å². The van der Waals surface area contributed by atoms with E-state index in [0.29, 0.717) is 12.8 Å². The van der Waals surface area contributed by atoms with Crippen LogP contribution in [-0.4, -0.2) is 25.4 Å². The summed E-state index contributed by atoms with van der Waals surface area (Å²) in [6.45, 7) is 11.0. The molecule has 0 rings (SSSR count). The first-order valence-corrected chi connectivity index (χ1v) is 10.5. The maximum atomic E-state index is 12.8. The van der Waals surface area contributed by atoms with Gasteiger partial charge in [0.15, 0.2) is 0 Å². The summed E-state index contributed by atoms with van der Waals surface area (Å²) in [5.74, 6) is 0. The first-order valence-electron chi connectivity index (χ1n) is 7.39. The fourth-order valence-corrected chi connectivity index (χ4v) is 5.37. The summed E-state index contributed by atoms with van der Waals surface area (Å²) in [5, 5.41) is 0. The molecule has 21 heavy (non-hydrogen) atoms. The molecular weight excluding hydrogens is 316 g/mol. The van der Waals surface area contributed by atoms with Crippen LogP contribution in [-0.2, 0) is 27.2 Å². The molecule has 128 valence electrons. The molecule has 0 saturated carbocycles. The predicted octanol–water partition coefficient (Wildman–Crippen LogP) is 4.50. The van der Waals surface area contributed by atoms with Crippen molar-refractivity contribution in [2.24, 2.45) is 0 Å². The Morgan fingerprint density at radius 3 is 1.48 bits per heavy atom. The third kappa shape index (κ3) is 8.46. The molecule has 0 radical (unpaired) electrons. The molecule has 0 unspecified atom stereocenters. The summed E-state index contributed by atoms with van der Waals surface area (Å²) in [5.41, 5.74) is 0. The normalized spacial score (nSPS) is 15.9. The van der Waals surface area contributed by atoms with E-state index in [0.717, 1.165) is 0 Å². The second-order valence-corrected chi connectivity index (χ2v) is 8.31. The minimum absolute atomic E-state index is 0.150. The molecule has 0 amide bonds. The van der Waals surface area contributed by atoms with Crippen molar-refractivity contribution in [2.75, 3.05) is 13.2 Å². The van der Waals surface area contributed by atoms with E-state index in [4.69, 9.17) is 18.1 Å². The molecule has 0 heterocycles. The van der Waals surface area contributed by atoms with Crippen molar-refractivity contribution in [1.29, 1.82) is 0 Å². The topological polar surface area (TPSA) is 83.1 Å². The lowest BCUT2D eigenvalue weighted by Crippen LogP contribution is -2.21. The quantitative estimate of drug-likeness (QED) is 0.522. The Labute approximate surface area is 128 Å². The number of rotatable bonds is 12. The summed E-state index contributed by atoms with van der Waals surface area (Å²) in [4.78, 5) is 2.36. The van der Waals surface area contributed by atoms with Gasteiger partial charge in [0, 0.05) is 0 Å². The lowest BCUT2D eigenvalue weighted by Gasteiger charge is -2.27. The lowest BCUT2D eigenvalue weighted by atomic mass is 10.3. The average Bonchev–Trinajstić information content (AvgIpc) is 2.37. The molecule has 0 aromatic rings. The molecule has 0 aliphatic rings. The van der Waals surface area contributed by atoms with Gasteiger partial charge in [0.25, 0.3) is 0 Å². The number of nitrogens with one attached hydrogen (secondary N) is 1. The molecule has 0 aliphatic carbocycles.